The standard InChI is InChI=1S/C14H16N2O2S2/c1-9-8-19-14(15-9)20-10(2)13(17)16-11-6-4-5-7-12(11)18-3/h4-8,10H,1-3H3,(H,16,17). The Morgan fingerprint density at radius 2 is 2.20 bits per heavy atom. The lowest BCUT2D eigenvalue weighted by molar-refractivity contribution is -0.115. The summed E-state index contributed by atoms with van der Waals surface area (Å²) >= 11 is 3.02. The molecular weight excluding hydrogens is 292 g/mol. The normalized spacial score (nSPS) is 11.9. The first-order chi connectivity index (χ1) is 9.60. The van der Waals surface area contributed by atoms with Gasteiger partial charge in [-0.1, -0.05) is 23.9 Å². The van der Waals surface area contributed by atoms with Gasteiger partial charge in [-0.15, -0.1) is 11.3 Å². The zero-order valence-electron chi connectivity index (χ0n) is 11.5. The van der Waals surface area contributed by atoms with Crippen molar-refractivity contribution in [2.45, 2.75) is 23.4 Å². The van der Waals surface area contributed by atoms with Gasteiger partial charge < -0.3 is 10.1 Å². The SMILES string of the molecule is COc1ccccc1NC(=O)C(C)Sc1nc(C)cs1. The Morgan fingerprint density at radius 3 is 2.85 bits per heavy atom. The molecule has 0 fully saturated rings. The van der Waals surface area contributed by atoms with E-state index in [-0.39, 0.29) is 11.2 Å². The van der Waals surface area contributed by atoms with E-state index >= 15 is 0 Å². The topological polar surface area (TPSA) is 51.2 Å². The number of thioether (sulfide) groups is 1. The maximum atomic E-state index is 12.2. The van der Waals surface area contributed by atoms with E-state index in [1.807, 2.05) is 43.5 Å². The number of nitrogens with one attached hydrogen (secondary N) is 1. The summed E-state index contributed by atoms with van der Waals surface area (Å²) in [6, 6.07) is 7.37. The summed E-state index contributed by atoms with van der Waals surface area (Å²) in [5.41, 5.74) is 1.66. The molecule has 2 aromatic rings. The maximum absolute atomic E-state index is 12.2. The number of methoxy groups -OCH3 is 1. The number of benzene rings is 1. The Hall–Kier alpha value is -1.53. The van der Waals surface area contributed by atoms with Crippen LogP contribution in [-0.4, -0.2) is 23.3 Å². The Morgan fingerprint density at radius 1 is 1.45 bits per heavy atom. The molecule has 0 spiro atoms. The van der Waals surface area contributed by atoms with Crippen molar-refractivity contribution in [3.63, 3.8) is 0 Å². The molecule has 0 aliphatic rings. The molecule has 1 heterocycles. The molecule has 4 nitrogen and oxygen atoms in total. The molecule has 1 unspecified atom stereocenters. The lowest BCUT2D eigenvalue weighted by Gasteiger charge is -2.13. The lowest BCUT2D eigenvalue weighted by Crippen LogP contribution is -2.22. The van der Waals surface area contributed by atoms with Crippen LogP contribution in [0.5, 0.6) is 5.75 Å². The van der Waals surface area contributed by atoms with Gasteiger partial charge in [-0.3, -0.25) is 4.79 Å². The van der Waals surface area contributed by atoms with Crippen molar-refractivity contribution in [3.05, 3.63) is 35.3 Å². The molecule has 1 aromatic carbocycles. The van der Waals surface area contributed by atoms with Gasteiger partial charge in [0.25, 0.3) is 0 Å². The number of ether oxygens (including phenoxy) is 1. The van der Waals surface area contributed by atoms with Crippen molar-refractivity contribution < 1.29 is 9.53 Å². The van der Waals surface area contributed by atoms with E-state index in [0.717, 1.165) is 10.0 Å². The number of anilines is 1. The molecular formula is C14H16N2O2S2. The highest BCUT2D eigenvalue weighted by Crippen LogP contribution is 2.28. The van der Waals surface area contributed by atoms with Crippen molar-refractivity contribution in [3.8, 4) is 5.75 Å². The van der Waals surface area contributed by atoms with Gasteiger partial charge in [-0.25, -0.2) is 4.98 Å². The van der Waals surface area contributed by atoms with Crippen LogP contribution in [0.15, 0.2) is 34.0 Å². The van der Waals surface area contributed by atoms with Crippen molar-refractivity contribution in [1.29, 1.82) is 0 Å². The summed E-state index contributed by atoms with van der Waals surface area (Å²) in [4.78, 5) is 16.5. The Bertz CT molecular complexity index is 598. The van der Waals surface area contributed by atoms with Crippen LogP contribution in [0.1, 0.15) is 12.6 Å². The number of hydrogen-bond acceptors (Lipinski definition) is 5. The van der Waals surface area contributed by atoms with Gasteiger partial charge in [0.2, 0.25) is 5.91 Å². The molecule has 1 amide bonds. The molecule has 1 aromatic heterocycles. The van der Waals surface area contributed by atoms with Gasteiger partial charge >= 0.3 is 0 Å². The van der Waals surface area contributed by atoms with Crippen LogP contribution < -0.4 is 10.1 Å². The molecule has 2 rings (SSSR count). The molecule has 0 aliphatic heterocycles. The van der Waals surface area contributed by atoms with Gasteiger partial charge in [0.1, 0.15) is 5.75 Å². The van der Waals surface area contributed by atoms with E-state index in [1.54, 1.807) is 18.4 Å². The highest BCUT2D eigenvalue weighted by Gasteiger charge is 2.17. The van der Waals surface area contributed by atoms with Gasteiger partial charge in [-0.2, -0.15) is 0 Å². The predicted molar refractivity (Wildman–Crippen MR) is 83.8 cm³/mol. The second-order valence-corrected chi connectivity index (χ2v) is 6.65. The van der Waals surface area contributed by atoms with Crippen molar-refractivity contribution in [2.24, 2.45) is 0 Å². The average molecular weight is 308 g/mol. The largest absolute Gasteiger partial charge is 0.495 e. The van der Waals surface area contributed by atoms with Crippen molar-refractivity contribution >= 4 is 34.7 Å². The van der Waals surface area contributed by atoms with E-state index in [9.17, 15) is 4.79 Å². The van der Waals surface area contributed by atoms with E-state index < -0.39 is 0 Å². The predicted octanol–water partition coefficient (Wildman–Crippen LogP) is 3.58. The summed E-state index contributed by atoms with van der Waals surface area (Å²) < 4.78 is 6.12. The Balaban J connectivity index is 2.00. The Kier molecular flexibility index (Phi) is 5.03. The van der Waals surface area contributed by atoms with Crippen LogP contribution in [0.3, 0.4) is 0 Å². The molecule has 1 atom stereocenters. The van der Waals surface area contributed by atoms with Gasteiger partial charge in [-0.05, 0) is 26.0 Å². The van der Waals surface area contributed by atoms with E-state index in [1.165, 1.54) is 11.8 Å². The number of carbonyl (C=O) groups is 1. The van der Waals surface area contributed by atoms with Crippen LogP contribution in [-0.2, 0) is 4.79 Å². The number of aryl methyl sites for hydroxylation is 1. The maximum Gasteiger partial charge on any atom is 0.237 e. The second-order valence-electron chi connectivity index (χ2n) is 4.20. The monoisotopic (exact) mass is 308 g/mol. The number of aromatic nitrogens is 1. The van der Waals surface area contributed by atoms with Crippen LogP contribution >= 0.6 is 23.1 Å². The molecule has 20 heavy (non-hydrogen) atoms. The number of nitrogens with zero attached hydrogens (tertiary/aromatic N) is 1. The zero-order valence-corrected chi connectivity index (χ0v) is 13.2. The zero-order chi connectivity index (χ0) is 14.5. The van der Waals surface area contributed by atoms with Crippen LogP contribution in [0.2, 0.25) is 0 Å². The molecule has 0 saturated heterocycles. The summed E-state index contributed by atoms with van der Waals surface area (Å²) in [5, 5.41) is 4.64. The number of para-hydroxylation sites is 2. The number of hydrogen-bond donors (Lipinski definition) is 1. The first-order valence-electron chi connectivity index (χ1n) is 6.13. The van der Waals surface area contributed by atoms with Gasteiger partial charge in [0.05, 0.1) is 18.0 Å². The van der Waals surface area contributed by atoms with Gasteiger partial charge in [0.15, 0.2) is 4.34 Å². The average Bonchev–Trinajstić information content (AvgIpc) is 2.84. The third kappa shape index (κ3) is 3.74. The fraction of sp³-hybridized carbons (Fsp3) is 0.286. The number of rotatable bonds is 5. The van der Waals surface area contributed by atoms with Crippen molar-refractivity contribution in [1.82, 2.24) is 4.98 Å². The summed E-state index contributed by atoms with van der Waals surface area (Å²) in [7, 11) is 1.58. The third-order valence-corrected chi connectivity index (χ3v) is 4.80. The fourth-order valence-corrected chi connectivity index (χ4v) is 3.56. The van der Waals surface area contributed by atoms with E-state index in [0.29, 0.717) is 11.4 Å². The fourth-order valence-electron chi connectivity index (χ4n) is 1.57. The summed E-state index contributed by atoms with van der Waals surface area (Å²) in [5.74, 6) is 0.593. The summed E-state index contributed by atoms with van der Waals surface area (Å²) in [6.07, 6.45) is 0. The second kappa shape index (κ2) is 6.76. The molecule has 0 bridgehead atoms. The smallest absolute Gasteiger partial charge is 0.237 e. The lowest BCUT2D eigenvalue weighted by atomic mass is 10.3. The highest BCUT2D eigenvalue weighted by atomic mass is 32.2. The molecule has 1 N–H and O–H groups in total. The Labute approximate surface area is 126 Å². The number of thiazole rings is 1. The molecule has 0 saturated carbocycles. The molecule has 0 radical (unpaired) electrons. The highest BCUT2D eigenvalue weighted by molar-refractivity contribution is 8.02. The minimum absolute atomic E-state index is 0.0626. The first-order valence-corrected chi connectivity index (χ1v) is 7.88. The van der Waals surface area contributed by atoms with Crippen molar-refractivity contribution in [2.75, 3.05) is 12.4 Å². The first kappa shape index (κ1) is 14.9. The minimum Gasteiger partial charge on any atom is -0.495 e. The van der Waals surface area contributed by atoms with Crippen LogP contribution in [0.25, 0.3) is 0 Å². The molecule has 0 aliphatic carbocycles. The van der Waals surface area contributed by atoms with Crippen LogP contribution in [0, 0.1) is 6.92 Å². The van der Waals surface area contributed by atoms with Gasteiger partial charge in [0, 0.05) is 11.1 Å². The molecule has 6 heteroatoms. The van der Waals surface area contributed by atoms with E-state index in [4.69, 9.17) is 4.74 Å². The summed E-state index contributed by atoms with van der Waals surface area (Å²) in [6.45, 7) is 3.81. The van der Waals surface area contributed by atoms with Crippen LogP contribution in [0.4, 0.5) is 5.69 Å². The van der Waals surface area contributed by atoms with E-state index in [2.05, 4.69) is 10.3 Å². The third-order valence-electron chi connectivity index (χ3n) is 2.61. The number of amides is 1. The molecule has 106 valence electrons. The minimum atomic E-state index is -0.217. The quantitative estimate of drug-likeness (QED) is 0.858. The number of carbonyl (C=O) groups excluding carboxylic acids is 1.